The lowest BCUT2D eigenvalue weighted by molar-refractivity contribution is -0.118. The molecule has 1 amide bonds. The van der Waals surface area contributed by atoms with Gasteiger partial charge in [-0.25, -0.2) is 4.79 Å². The summed E-state index contributed by atoms with van der Waals surface area (Å²) in [5.41, 5.74) is 5.50. The Labute approximate surface area is 105 Å². The van der Waals surface area contributed by atoms with E-state index in [4.69, 9.17) is 10.2 Å². The zero-order valence-electron chi connectivity index (χ0n) is 10.8. The molecular weight excluding hydrogens is 236 g/mol. The Kier molecular flexibility index (Phi) is 4.91. The molecule has 18 heavy (non-hydrogen) atoms. The van der Waals surface area contributed by atoms with Gasteiger partial charge in [-0.2, -0.15) is 0 Å². The molecule has 0 aliphatic rings. The first kappa shape index (κ1) is 14.2. The fraction of sp³-hybridized carbons (Fsp3) is 0.500. The second-order valence-electron chi connectivity index (χ2n) is 4.13. The van der Waals surface area contributed by atoms with E-state index >= 15 is 0 Å². The van der Waals surface area contributed by atoms with Crippen LogP contribution in [0.2, 0.25) is 0 Å². The maximum atomic E-state index is 11.4. The second kappa shape index (κ2) is 6.20. The molecule has 3 N–H and O–H groups in total. The number of hydrogen-bond donors (Lipinski definition) is 2. The number of methoxy groups -OCH3 is 1. The lowest BCUT2D eigenvalue weighted by atomic mass is 10.2. The van der Waals surface area contributed by atoms with Gasteiger partial charge in [-0.15, -0.1) is 0 Å². The summed E-state index contributed by atoms with van der Waals surface area (Å²) in [6, 6.07) is 1.58. The van der Waals surface area contributed by atoms with E-state index in [0.717, 1.165) is 0 Å². The summed E-state index contributed by atoms with van der Waals surface area (Å²) in [6.45, 7) is 3.97. The zero-order valence-corrected chi connectivity index (χ0v) is 10.8. The van der Waals surface area contributed by atoms with Crippen molar-refractivity contribution in [1.82, 2.24) is 5.32 Å². The smallest absolute Gasteiger partial charge is 0.341 e. The maximum absolute atomic E-state index is 11.4. The standard InChI is InChI=1S/C12H18N2O4/c1-7(4-11(13)15)14-6-9-5-10(8(2)18-9)12(16)17-3/h5,7,14H,4,6H2,1-3H3,(H2,13,15). The highest BCUT2D eigenvalue weighted by Crippen LogP contribution is 2.15. The number of nitrogens with two attached hydrogens (primary N) is 1. The first-order valence-electron chi connectivity index (χ1n) is 5.63. The van der Waals surface area contributed by atoms with Gasteiger partial charge in [-0.05, 0) is 19.9 Å². The largest absolute Gasteiger partial charge is 0.465 e. The Morgan fingerprint density at radius 1 is 1.56 bits per heavy atom. The van der Waals surface area contributed by atoms with Gasteiger partial charge in [0.1, 0.15) is 17.1 Å². The summed E-state index contributed by atoms with van der Waals surface area (Å²) >= 11 is 0. The van der Waals surface area contributed by atoms with Crippen LogP contribution in [0.15, 0.2) is 10.5 Å². The highest BCUT2D eigenvalue weighted by Gasteiger charge is 2.15. The molecule has 1 unspecified atom stereocenters. The first-order valence-corrected chi connectivity index (χ1v) is 5.63. The van der Waals surface area contributed by atoms with Crippen LogP contribution in [0, 0.1) is 6.92 Å². The van der Waals surface area contributed by atoms with Crippen LogP contribution in [0.4, 0.5) is 0 Å². The van der Waals surface area contributed by atoms with Crippen molar-refractivity contribution in [3.05, 3.63) is 23.2 Å². The predicted octanol–water partition coefficient (Wildman–Crippen LogP) is 0.728. The number of amides is 1. The lowest BCUT2D eigenvalue weighted by Gasteiger charge is -2.09. The molecule has 100 valence electrons. The molecule has 1 rings (SSSR count). The van der Waals surface area contributed by atoms with Crippen molar-refractivity contribution in [3.8, 4) is 0 Å². The van der Waals surface area contributed by atoms with Gasteiger partial charge in [0, 0.05) is 12.5 Å². The molecule has 0 aliphatic heterocycles. The van der Waals surface area contributed by atoms with Crippen molar-refractivity contribution in [2.45, 2.75) is 32.9 Å². The maximum Gasteiger partial charge on any atom is 0.341 e. The van der Waals surface area contributed by atoms with E-state index in [0.29, 0.717) is 23.6 Å². The molecule has 0 radical (unpaired) electrons. The van der Waals surface area contributed by atoms with Gasteiger partial charge in [0.05, 0.1) is 13.7 Å². The topological polar surface area (TPSA) is 94.6 Å². The number of carbonyl (C=O) groups is 2. The number of primary amides is 1. The van der Waals surface area contributed by atoms with E-state index < -0.39 is 5.97 Å². The Morgan fingerprint density at radius 3 is 2.78 bits per heavy atom. The molecule has 0 saturated carbocycles. The molecule has 0 fully saturated rings. The van der Waals surface area contributed by atoms with Crippen molar-refractivity contribution >= 4 is 11.9 Å². The number of carbonyl (C=O) groups excluding carboxylic acids is 2. The third-order valence-corrected chi connectivity index (χ3v) is 2.51. The highest BCUT2D eigenvalue weighted by molar-refractivity contribution is 5.90. The third kappa shape index (κ3) is 3.89. The van der Waals surface area contributed by atoms with Gasteiger partial charge in [0.2, 0.25) is 5.91 Å². The lowest BCUT2D eigenvalue weighted by Crippen LogP contribution is -2.30. The Hall–Kier alpha value is -1.82. The average molecular weight is 254 g/mol. The molecule has 0 aliphatic carbocycles. The second-order valence-corrected chi connectivity index (χ2v) is 4.13. The van der Waals surface area contributed by atoms with Crippen LogP contribution >= 0.6 is 0 Å². The SMILES string of the molecule is COC(=O)c1cc(CNC(C)CC(N)=O)oc1C. The molecule has 0 spiro atoms. The van der Waals surface area contributed by atoms with Crippen LogP contribution < -0.4 is 11.1 Å². The van der Waals surface area contributed by atoms with Gasteiger partial charge in [0.25, 0.3) is 0 Å². The number of esters is 1. The summed E-state index contributed by atoms with van der Waals surface area (Å²) in [6.07, 6.45) is 0.254. The van der Waals surface area contributed by atoms with Crippen molar-refractivity contribution in [1.29, 1.82) is 0 Å². The van der Waals surface area contributed by atoms with Crippen LogP contribution in [0.25, 0.3) is 0 Å². The van der Waals surface area contributed by atoms with E-state index in [2.05, 4.69) is 10.1 Å². The van der Waals surface area contributed by atoms with Crippen molar-refractivity contribution < 1.29 is 18.7 Å². The van der Waals surface area contributed by atoms with Crippen LogP contribution in [0.1, 0.15) is 35.2 Å². The fourth-order valence-corrected chi connectivity index (χ4v) is 1.59. The predicted molar refractivity (Wildman–Crippen MR) is 64.9 cm³/mol. The number of rotatable bonds is 6. The molecule has 1 heterocycles. The summed E-state index contributed by atoms with van der Waals surface area (Å²) in [7, 11) is 1.32. The summed E-state index contributed by atoms with van der Waals surface area (Å²) in [5, 5.41) is 3.08. The molecule has 6 nitrogen and oxygen atoms in total. The number of furan rings is 1. The number of hydrogen-bond acceptors (Lipinski definition) is 5. The Balaban J connectivity index is 2.58. The van der Waals surface area contributed by atoms with Crippen LogP contribution in [-0.2, 0) is 16.1 Å². The minimum atomic E-state index is -0.423. The molecule has 0 aromatic carbocycles. The normalized spacial score (nSPS) is 12.2. The van der Waals surface area contributed by atoms with E-state index in [-0.39, 0.29) is 18.4 Å². The zero-order chi connectivity index (χ0) is 13.7. The average Bonchev–Trinajstić information content (AvgIpc) is 2.66. The molecular formula is C12H18N2O4. The van der Waals surface area contributed by atoms with Gasteiger partial charge in [-0.1, -0.05) is 0 Å². The Bertz CT molecular complexity index is 439. The Morgan fingerprint density at radius 2 is 2.22 bits per heavy atom. The minimum Gasteiger partial charge on any atom is -0.465 e. The molecule has 6 heteroatoms. The first-order chi connectivity index (χ1) is 8.43. The number of nitrogens with one attached hydrogen (secondary N) is 1. The van der Waals surface area contributed by atoms with Crippen LogP contribution in [0.5, 0.6) is 0 Å². The highest BCUT2D eigenvalue weighted by atomic mass is 16.5. The molecule has 1 aromatic heterocycles. The van der Waals surface area contributed by atoms with Gasteiger partial charge < -0.3 is 20.2 Å². The monoisotopic (exact) mass is 254 g/mol. The minimum absolute atomic E-state index is 0.0468. The number of ether oxygens (including phenoxy) is 1. The van der Waals surface area contributed by atoms with Crippen molar-refractivity contribution in [2.24, 2.45) is 5.73 Å². The summed E-state index contributed by atoms with van der Waals surface area (Å²) < 4.78 is 10.0. The fourth-order valence-electron chi connectivity index (χ4n) is 1.59. The van der Waals surface area contributed by atoms with Crippen molar-refractivity contribution in [2.75, 3.05) is 7.11 Å². The van der Waals surface area contributed by atoms with Gasteiger partial charge >= 0.3 is 5.97 Å². The van der Waals surface area contributed by atoms with Gasteiger partial charge in [0.15, 0.2) is 0 Å². The molecule has 0 bridgehead atoms. The van der Waals surface area contributed by atoms with E-state index in [1.165, 1.54) is 7.11 Å². The summed E-state index contributed by atoms with van der Waals surface area (Å²) in [5.74, 6) is 0.346. The third-order valence-electron chi connectivity index (χ3n) is 2.51. The van der Waals surface area contributed by atoms with E-state index in [1.54, 1.807) is 13.0 Å². The number of aryl methyl sites for hydroxylation is 1. The van der Waals surface area contributed by atoms with Crippen LogP contribution in [-0.4, -0.2) is 25.0 Å². The molecule has 1 atom stereocenters. The van der Waals surface area contributed by atoms with E-state index in [1.807, 2.05) is 6.92 Å². The molecule has 1 aromatic rings. The van der Waals surface area contributed by atoms with E-state index in [9.17, 15) is 9.59 Å². The quantitative estimate of drug-likeness (QED) is 0.730. The van der Waals surface area contributed by atoms with Crippen molar-refractivity contribution in [3.63, 3.8) is 0 Å². The van der Waals surface area contributed by atoms with Gasteiger partial charge in [-0.3, -0.25) is 4.79 Å². The van der Waals surface area contributed by atoms with Crippen LogP contribution in [0.3, 0.4) is 0 Å². The molecule has 0 saturated heterocycles. The summed E-state index contributed by atoms with van der Waals surface area (Å²) in [4.78, 5) is 22.1.